The fraction of sp³-hybridized carbons (Fsp3) is 0.786. The van der Waals surface area contributed by atoms with Crippen LogP contribution in [0.4, 0.5) is 0 Å². The Morgan fingerprint density at radius 1 is 0.735 bits per heavy atom. The lowest BCUT2D eigenvalue weighted by Crippen LogP contribution is -2.44. The van der Waals surface area contributed by atoms with Gasteiger partial charge in [-0.2, -0.15) is 8.42 Å². The van der Waals surface area contributed by atoms with E-state index in [0.29, 0.717) is 6.42 Å². The normalized spacial score (nSPS) is 12.9. The molecule has 0 aromatic heterocycles. The van der Waals surface area contributed by atoms with E-state index in [4.69, 9.17) is 4.55 Å². The summed E-state index contributed by atoms with van der Waals surface area (Å²) >= 11 is 0. The maximum Gasteiger partial charge on any atom is 0.264 e. The third-order valence-corrected chi connectivity index (χ3v) is 7.80. The Bertz CT molecular complexity index is 693. The van der Waals surface area contributed by atoms with Gasteiger partial charge in [-0.25, -0.2) is 0 Å². The van der Waals surface area contributed by atoms with Crippen LogP contribution in [0.15, 0.2) is 30.3 Å². The highest BCUT2D eigenvalue weighted by molar-refractivity contribution is 7.85. The lowest BCUT2D eigenvalue weighted by molar-refractivity contribution is -0.921. The zero-order valence-corrected chi connectivity index (χ0v) is 23.3. The summed E-state index contributed by atoms with van der Waals surface area (Å²) in [7, 11) is 0.618. The minimum atomic E-state index is -3.90. The second-order valence-electron chi connectivity index (χ2n) is 10.5. The summed E-state index contributed by atoms with van der Waals surface area (Å²) in [6.45, 7) is 3.36. The molecule has 0 bridgehead atoms. The zero-order chi connectivity index (χ0) is 24.4. The number of benzene rings is 1. The fourth-order valence-corrected chi connectivity index (χ4v) is 5.46. The van der Waals surface area contributed by atoms with Gasteiger partial charge in [0.05, 0.1) is 26.4 Å². The Labute approximate surface area is 211 Å². The molecule has 1 aromatic carbocycles. The predicted molar refractivity (Wildman–Crippen MR) is 147 cm³/mol. The van der Waals surface area contributed by atoms with Gasteiger partial charge >= 0.3 is 0 Å². The summed E-state index contributed by atoms with van der Waals surface area (Å²) < 4.78 is 32.3. The van der Waals surface area contributed by atoms with Crippen molar-refractivity contribution >= 4 is 10.1 Å². The quantitative estimate of drug-likeness (QED) is 0.101. The molecule has 6 heteroatoms. The number of hydrogen-bond acceptors (Lipinski definition) is 3. The Kier molecular flexibility index (Phi) is 18.7. The standard InChI is InChI=1S/C28H51NO3S.H3N/c1-4-5-6-7-8-9-10-11-12-13-14-15-16-20-25-29(2,3)28(24-21-26-33(30,31)32)27-22-18-17-19-23-27;/h17-19,22-23,28H,4-16,20-21,24-26H2,1-3H3;1H3/p+1. The van der Waals surface area contributed by atoms with Crippen molar-refractivity contribution in [3.63, 3.8) is 0 Å². The monoisotopic (exact) mass is 499 g/mol. The van der Waals surface area contributed by atoms with Crippen molar-refractivity contribution < 1.29 is 17.5 Å². The lowest BCUT2D eigenvalue weighted by atomic mass is 9.98. The van der Waals surface area contributed by atoms with Crippen molar-refractivity contribution in [1.29, 1.82) is 0 Å². The highest BCUT2D eigenvalue weighted by Crippen LogP contribution is 2.30. The van der Waals surface area contributed by atoms with Crippen molar-refractivity contribution in [2.24, 2.45) is 0 Å². The van der Waals surface area contributed by atoms with Crippen LogP contribution in [0.25, 0.3) is 0 Å². The summed E-state index contributed by atoms with van der Waals surface area (Å²) in [5.41, 5.74) is 1.25. The molecule has 0 spiro atoms. The molecule has 0 fully saturated rings. The summed E-state index contributed by atoms with van der Waals surface area (Å²) in [5, 5.41) is 0. The predicted octanol–water partition coefficient (Wildman–Crippen LogP) is 8.12. The number of quaternary nitrogens is 1. The Hall–Kier alpha value is -0.950. The molecule has 200 valence electrons. The molecule has 0 saturated carbocycles. The van der Waals surface area contributed by atoms with Gasteiger partial charge in [0.2, 0.25) is 0 Å². The van der Waals surface area contributed by atoms with Crippen molar-refractivity contribution in [1.82, 2.24) is 6.15 Å². The van der Waals surface area contributed by atoms with Gasteiger partial charge in [-0.05, 0) is 19.3 Å². The van der Waals surface area contributed by atoms with Crippen LogP contribution in [0.3, 0.4) is 0 Å². The number of rotatable bonds is 21. The van der Waals surface area contributed by atoms with Crippen LogP contribution in [0, 0.1) is 0 Å². The molecule has 0 heterocycles. The van der Waals surface area contributed by atoms with E-state index in [1.165, 1.54) is 95.5 Å². The molecule has 1 atom stereocenters. The van der Waals surface area contributed by atoms with E-state index in [2.05, 4.69) is 45.3 Å². The molecular formula is C28H55N2O3S+. The van der Waals surface area contributed by atoms with E-state index >= 15 is 0 Å². The van der Waals surface area contributed by atoms with Crippen molar-refractivity contribution in [3.05, 3.63) is 35.9 Å². The average molecular weight is 500 g/mol. The molecule has 0 amide bonds. The summed E-state index contributed by atoms with van der Waals surface area (Å²) in [4.78, 5) is 0. The fourth-order valence-electron chi connectivity index (χ4n) is 4.92. The number of hydrogen-bond donors (Lipinski definition) is 2. The highest BCUT2D eigenvalue weighted by atomic mass is 32.2. The van der Waals surface area contributed by atoms with Crippen LogP contribution in [0.1, 0.15) is 121 Å². The molecule has 5 nitrogen and oxygen atoms in total. The van der Waals surface area contributed by atoms with Gasteiger partial charge in [0.15, 0.2) is 0 Å². The molecule has 0 aliphatic rings. The van der Waals surface area contributed by atoms with Gasteiger partial charge in [-0.1, -0.05) is 114 Å². The Morgan fingerprint density at radius 3 is 1.62 bits per heavy atom. The highest BCUT2D eigenvalue weighted by Gasteiger charge is 2.29. The molecule has 0 saturated heterocycles. The topological polar surface area (TPSA) is 89.4 Å². The largest absolute Gasteiger partial charge is 0.344 e. The maximum atomic E-state index is 11.2. The van der Waals surface area contributed by atoms with Gasteiger partial charge < -0.3 is 10.6 Å². The molecule has 0 radical (unpaired) electrons. The Balaban J connectivity index is 0.0000109. The van der Waals surface area contributed by atoms with Crippen LogP contribution < -0.4 is 6.15 Å². The Morgan fingerprint density at radius 2 is 1.18 bits per heavy atom. The maximum absolute atomic E-state index is 11.2. The van der Waals surface area contributed by atoms with E-state index in [0.717, 1.165) is 17.4 Å². The van der Waals surface area contributed by atoms with Crippen LogP contribution in [-0.2, 0) is 10.1 Å². The van der Waals surface area contributed by atoms with Gasteiger partial charge in [0.1, 0.15) is 6.04 Å². The molecule has 0 aliphatic heterocycles. The van der Waals surface area contributed by atoms with E-state index < -0.39 is 10.1 Å². The molecule has 4 N–H and O–H groups in total. The van der Waals surface area contributed by atoms with Crippen molar-refractivity contribution in [2.45, 2.75) is 116 Å². The third-order valence-electron chi connectivity index (χ3n) is 7.00. The molecule has 1 rings (SSSR count). The average Bonchev–Trinajstić information content (AvgIpc) is 2.76. The molecule has 1 unspecified atom stereocenters. The molecule has 34 heavy (non-hydrogen) atoms. The second kappa shape index (κ2) is 19.3. The van der Waals surface area contributed by atoms with E-state index in [1.54, 1.807) is 0 Å². The van der Waals surface area contributed by atoms with E-state index in [9.17, 15) is 8.42 Å². The number of nitrogens with zero attached hydrogens (tertiary/aromatic N) is 1. The van der Waals surface area contributed by atoms with E-state index in [1.807, 2.05) is 6.07 Å². The smallest absolute Gasteiger partial charge is 0.264 e. The zero-order valence-electron chi connectivity index (χ0n) is 22.5. The lowest BCUT2D eigenvalue weighted by Gasteiger charge is -2.39. The minimum absolute atomic E-state index is 0. The van der Waals surface area contributed by atoms with Crippen LogP contribution >= 0.6 is 0 Å². The first-order chi connectivity index (χ1) is 15.8. The van der Waals surface area contributed by atoms with Gasteiger partial charge in [0, 0.05) is 12.0 Å². The van der Waals surface area contributed by atoms with E-state index in [-0.39, 0.29) is 17.9 Å². The first kappa shape index (κ1) is 33.0. The molecule has 0 aliphatic carbocycles. The van der Waals surface area contributed by atoms with Gasteiger partial charge in [0.25, 0.3) is 10.1 Å². The van der Waals surface area contributed by atoms with Crippen LogP contribution in [0.5, 0.6) is 0 Å². The number of unbranched alkanes of at least 4 members (excludes halogenated alkanes) is 13. The first-order valence-electron chi connectivity index (χ1n) is 13.6. The van der Waals surface area contributed by atoms with Crippen LogP contribution in [0.2, 0.25) is 0 Å². The summed E-state index contributed by atoms with van der Waals surface area (Å²) in [5.74, 6) is -0.158. The summed E-state index contributed by atoms with van der Waals surface area (Å²) in [6, 6.07) is 10.7. The van der Waals surface area contributed by atoms with Crippen molar-refractivity contribution in [3.8, 4) is 0 Å². The molecule has 1 aromatic rings. The molecular weight excluding hydrogens is 444 g/mol. The van der Waals surface area contributed by atoms with Crippen LogP contribution in [-0.4, -0.2) is 43.8 Å². The minimum Gasteiger partial charge on any atom is -0.344 e. The van der Waals surface area contributed by atoms with Gasteiger partial charge in [-0.3, -0.25) is 4.55 Å². The SMILES string of the molecule is CCCCCCCCCCCCCCCC[N+](C)(C)C(CCCS(=O)(=O)O)c1ccccc1.N. The second-order valence-corrected chi connectivity index (χ2v) is 12.0. The third kappa shape index (κ3) is 16.6. The van der Waals surface area contributed by atoms with Gasteiger partial charge in [-0.15, -0.1) is 0 Å². The van der Waals surface area contributed by atoms with Crippen molar-refractivity contribution in [2.75, 3.05) is 26.4 Å². The summed E-state index contributed by atoms with van der Waals surface area (Å²) in [6.07, 6.45) is 20.4. The first-order valence-corrected chi connectivity index (χ1v) is 15.2.